The Balaban J connectivity index is 2.16. The minimum absolute atomic E-state index is 0.157. The van der Waals surface area contributed by atoms with E-state index in [1.54, 1.807) is 0 Å². The van der Waals surface area contributed by atoms with Crippen LogP contribution in [-0.4, -0.2) is 23.0 Å². The van der Waals surface area contributed by atoms with Gasteiger partial charge in [-0.05, 0) is 36.1 Å². The summed E-state index contributed by atoms with van der Waals surface area (Å²) in [7, 11) is 0. The summed E-state index contributed by atoms with van der Waals surface area (Å²) in [6.45, 7) is 0.973. The predicted molar refractivity (Wildman–Crippen MR) is 90.5 cm³/mol. The summed E-state index contributed by atoms with van der Waals surface area (Å²) in [6.07, 6.45) is 1.33. The maximum atomic E-state index is 12.6. The highest BCUT2D eigenvalue weighted by Crippen LogP contribution is 2.47. The zero-order valence-corrected chi connectivity index (χ0v) is 13.5. The third kappa shape index (κ3) is 2.60. The van der Waals surface area contributed by atoms with Gasteiger partial charge in [0.15, 0.2) is 0 Å². The molecule has 2 aromatic carbocycles. The predicted octanol–water partition coefficient (Wildman–Crippen LogP) is 3.53. The maximum Gasteiger partial charge on any atom is 0.212 e. The normalized spacial score (nSPS) is 21.8. The van der Waals surface area contributed by atoms with Crippen LogP contribution in [0.5, 0.6) is 0 Å². The lowest BCUT2D eigenvalue weighted by molar-refractivity contribution is -0.485. The smallest absolute Gasteiger partial charge is 0.212 e. The Hall–Kier alpha value is -2.56. The van der Waals surface area contributed by atoms with E-state index < -0.39 is 22.8 Å². The highest BCUT2D eigenvalue weighted by molar-refractivity contribution is 6.08. The molecule has 3 rings (SSSR count). The van der Waals surface area contributed by atoms with Crippen molar-refractivity contribution in [2.45, 2.75) is 32.1 Å². The molecule has 1 aliphatic carbocycles. The summed E-state index contributed by atoms with van der Waals surface area (Å²) in [5, 5.41) is 13.2. The molecule has 1 saturated carbocycles. The molecule has 0 saturated heterocycles. The SMILES string of the molecule is CC(=O)[C@@]1([C@@H](C[N+](=O)[O-])c2ccc3ccccc3c2)CCCC1=O. The van der Waals surface area contributed by atoms with E-state index in [-0.39, 0.29) is 11.6 Å². The first kappa shape index (κ1) is 16.3. The fraction of sp³-hybridized carbons (Fsp3) is 0.368. The first-order valence-corrected chi connectivity index (χ1v) is 8.10. The second-order valence-corrected chi connectivity index (χ2v) is 6.48. The molecule has 124 valence electrons. The fourth-order valence-corrected chi connectivity index (χ4v) is 4.00. The van der Waals surface area contributed by atoms with Crippen LogP contribution in [0.4, 0.5) is 0 Å². The minimum Gasteiger partial charge on any atom is -0.299 e. The van der Waals surface area contributed by atoms with Crippen molar-refractivity contribution < 1.29 is 14.5 Å². The van der Waals surface area contributed by atoms with Crippen LogP contribution in [0.1, 0.15) is 37.7 Å². The first-order valence-electron chi connectivity index (χ1n) is 8.10. The number of nitro groups is 1. The Morgan fingerprint density at radius 3 is 2.54 bits per heavy atom. The van der Waals surface area contributed by atoms with Crippen molar-refractivity contribution >= 4 is 22.3 Å². The summed E-state index contributed by atoms with van der Waals surface area (Å²) in [5.74, 6) is -1.13. The largest absolute Gasteiger partial charge is 0.299 e. The van der Waals surface area contributed by atoms with Gasteiger partial charge in [-0.1, -0.05) is 42.5 Å². The van der Waals surface area contributed by atoms with E-state index in [1.807, 2.05) is 42.5 Å². The Morgan fingerprint density at radius 1 is 1.25 bits per heavy atom. The number of hydrogen-bond donors (Lipinski definition) is 0. The Labute approximate surface area is 139 Å². The van der Waals surface area contributed by atoms with Crippen molar-refractivity contribution in [2.75, 3.05) is 6.54 Å². The van der Waals surface area contributed by atoms with E-state index in [0.717, 1.165) is 10.8 Å². The second kappa shape index (κ2) is 6.15. The Morgan fingerprint density at radius 2 is 1.96 bits per heavy atom. The summed E-state index contributed by atoms with van der Waals surface area (Å²) in [4.78, 5) is 35.8. The molecule has 5 nitrogen and oxygen atoms in total. The average Bonchev–Trinajstić information content (AvgIpc) is 2.94. The highest BCUT2D eigenvalue weighted by Gasteiger charge is 2.54. The van der Waals surface area contributed by atoms with Gasteiger partial charge >= 0.3 is 0 Å². The molecule has 0 N–H and O–H groups in total. The summed E-state index contributed by atoms with van der Waals surface area (Å²) in [6, 6.07) is 13.3. The lowest BCUT2D eigenvalue weighted by Gasteiger charge is -2.32. The van der Waals surface area contributed by atoms with Gasteiger partial charge in [0.05, 0.1) is 5.92 Å². The molecule has 0 spiro atoms. The van der Waals surface area contributed by atoms with Gasteiger partial charge in [-0.2, -0.15) is 0 Å². The number of Topliss-reactive ketones (excluding diaryl/α,β-unsaturated/α-hetero) is 2. The van der Waals surface area contributed by atoms with Crippen LogP contribution >= 0.6 is 0 Å². The molecule has 0 heterocycles. The van der Waals surface area contributed by atoms with Crippen LogP contribution in [0.3, 0.4) is 0 Å². The van der Waals surface area contributed by atoms with Gasteiger partial charge in [-0.15, -0.1) is 0 Å². The Kier molecular flexibility index (Phi) is 4.18. The third-order valence-corrected chi connectivity index (χ3v) is 5.20. The molecular formula is C19H19NO4. The number of nitrogens with zero attached hydrogens (tertiary/aromatic N) is 1. The molecule has 0 radical (unpaired) electrons. The topological polar surface area (TPSA) is 77.3 Å². The van der Waals surface area contributed by atoms with Crippen molar-refractivity contribution in [1.82, 2.24) is 0 Å². The summed E-state index contributed by atoms with van der Waals surface area (Å²) >= 11 is 0. The molecule has 5 heteroatoms. The molecule has 1 fully saturated rings. The molecule has 2 atom stereocenters. The summed E-state index contributed by atoms with van der Waals surface area (Å²) < 4.78 is 0. The number of ketones is 2. The highest BCUT2D eigenvalue weighted by atomic mass is 16.6. The quantitative estimate of drug-likeness (QED) is 0.479. The van der Waals surface area contributed by atoms with Crippen LogP contribution < -0.4 is 0 Å². The third-order valence-electron chi connectivity index (χ3n) is 5.20. The Bertz CT molecular complexity index is 829. The van der Waals surface area contributed by atoms with E-state index in [2.05, 4.69) is 0 Å². The zero-order valence-electron chi connectivity index (χ0n) is 13.5. The number of hydrogen-bond acceptors (Lipinski definition) is 4. The van der Waals surface area contributed by atoms with Crippen LogP contribution in [0.25, 0.3) is 10.8 Å². The number of carbonyl (C=O) groups excluding carboxylic acids is 2. The van der Waals surface area contributed by atoms with Gasteiger partial charge in [0, 0.05) is 11.3 Å². The van der Waals surface area contributed by atoms with E-state index >= 15 is 0 Å². The number of fused-ring (bicyclic) bond motifs is 1. The fourth-order valence-electron chi connectivity index (χ4n) is 4.00. The van der Waals surface area contributed by atoms with Crippen molar-refractivity contribution in [3.8, 4) is 0 Å². The molecule has 0 aromatic heterocycles. The van der Waals surface area contributed by atoms with E-state index in [0.29, 0.717) is 24.8 Å². The molecule has 0 aliphatic heterocycles. The van der Waals surface area contributed by atoms with E-state index in [9.17, 15) is 19.7 Å². The van der Waals surface area contributed by atoms with Crippen molar-refractivity contribution in [2.24, 2.45) is 5.41 Å². The zero-order chi connectivity index (χ0) is 17.3. The molecule has 2 aromatic rings. The van der Waals surface area contributed by atoms with E-state index in [4.69, 9.17) is 0 Å². The van der Waals surface area contributed by atoms with E-state index in [1.165, 1.54) is 6.92 Å². The van der Waals surface area contributed by atoms with Gasteiger partial charge in [-0.3, -0.25) is 19.7 Å². The molecule has 1 aliphatic rings. The van der Waals surface area contributed by atoms with Gasteiger partial charge in [0.2, 0.25) is 6.54 Å². The molecule has 0 amide bonds. The molecule has 0 unspecified atom stereocenters. The number of benzene rings is 2. The molecule has 0 bridgehead atoms. The minimum atomic E-state index is -1.25. The lowest BCUT2D eigenvalue weighted by atomic mass is 9.67. The average molecular weight is 325 g/mol. The van der Waals surface area contributed by atoms with Crippen LogP contribution in [0.15, 0.2) is 42.5 Å². The van der Waals surface area contributed by atoms with Crippen molar-refractivity contribution in [3.63, 3.8) is 0 Å². The first-order chi connectivity index (χ1) is 11.4. The lowest BCUT2D eigenvalue weighted by Crippen LogP contribution is -2.42. The van der Waals surface area contributed by atoms with Crippen LogP contribution in [0.2, 0.25) is 0 Å². The number of carbonyl (C=O) groups is 2. The van der Waals surface area contributed by atoms with Gasteiger partial charge in [-0.25, -0.2) is 0 Å². The summed E-state index contributed by atoms with van der Waals surface area (Å²) in [5.41, 5.74) is -0.564. The van der Waals surface area contributed by atoms with Crippen LogP contribution in [0, 0.1) is 15.5 Å². The monoisotopic (exact) mass is 325 g/mol. The van der Waals surface area contributed by atoms with Gasteiger partial charge in [0.25, 0.3) is 0 Å². The van der Waals surface area contributed by atoms with Crippen molar-refractivity contribution in [3.05, 3.63) is 58.1 Å². The number of rotatable bonds is 5. The van der Waals surface area contributed by atoms with Gasteiger partial charge < -0.3 is 0 Å². The standard InChI is InChI=1S/C19H19NO4/c1-13(21)19(10-4-7-18(19)22)17(12-20(23)24)16-9-8-14-5-2-3-6-15(14)11-16/h2-3,5-6,8-9,11,17H,4,7,10,12H2,1H3/t17-,19+/m0/s1. The maximum absolute atomic E-state index is 12.6. The molecule has 24 heavy (non-hydrogen) atoms. The van der Waals surface area contributed by atoms with Gasteiger partial charge in [0.1, 0.15) is 17.0 Å². The van der Waals surface area contributed by atoms with Crippen LogP contribution in [-0.2, 0) is 9.59 Å². The van der Waals surface area contributed by atoms with Crippen molar-refractivity contribution in [1.29, 1.82) is 0 Å². The second-order valence-electron chi connectivity index (χ2n) is 6.48. The molecular weight excluding hydrogens is 306 g/mol.